The first kappa shape index (κ1) is 14.2. The molecule has 0 amide bonds. The van der Waals surface area contributed by atoms with Gasteiger partial charge in [-0.2, -0.15) is 13.2 Å². The van der Waals surface area contributed by atoms with E-state index in [1.54, 1.807) is 0 Å². The van der Waals surface area contributed by atoms with E-state index >= 15 is 0 Å². The summed E-state index contributed by atoms with van der Waals surface area (Å²) in [5.74, 6) is 1.30. The monoisotopic (exact) mass is 272 g/mol. The maximum atomic E-state index is 12.5. The van der Waals surface area contributed by atoms with Crippen LogP contribution in [0, 0.1) is 5.92 Å². The summed E-state index contributed by atoms with van der Waals surface area (Å²) in [6, 6.07) is 2.58. The van der Waals surface area contributed by atoms with Crippen molar-refractivity contribution in [2.45, 2.75) is 38.8 Å². The van der Waals surface area contributed by atoms with Gasteiger partial charge in [-0.05, 0) is 37.8 Å². The molecule has 0 N–H and O–H groups in total. The number of hydrogen-bond donors (Lipinski definition) is 0. The summed E-state index contributed by atoms with van der Waals surface area (Å²) in [5, 5.41) is 0. The first-order chi connectivity index (χ1) is 9.00. The van der Waals surface area contributed by atoms with Crippen molar-refractivity contribution in [3.05, 3.63) is 23.9 Å². The fraction of sp³-hybridized carbons (Fsp3) is 0.643. The molecule has 0 atom stereocenters. The molecule has 1 fully saturated rings. The van der Waals surface area contributed by atoms with Crippen LogP contribution in [0.1, 0.15) is 38.2 Å². The van der Waals surface area contributed by atoms with Crippen LogP contribution >= 0.6 is 0 Å². The van der Waals surface area contributed by atoms with Crippen LogP contribution in [0.4, 0.5) is 19.0 Å². The van der Waals surface area contributed by atoms with E-state index in [4.69, 9.17) is 0 Å². The largest absolute Gasteiger partial charge is 0.417 e. The summed E-state index contributed by atoms with van der Waals surface area (Å²) in [6.45, 7) is 3.68. The third-order valence-electron chi connectivity index (χ3n) is 3.73. The molecule has 1 aliphatic carbocycles. The molecule has 2 nitrogen and oxygen atoms in total. The molecule has 106 valence electrons. The zero-order valence-electron chi connectivity index (χ0n) is 11.1. The summed E-state index contributed by atoms with van der Waals surface area (Å²) in [5.41, 5.74) is -0.687. The van der Waals surface area contributed by atoms with E-state index in [0.29, 0.717) is 11.7 Å². The fourth-order valence-electron chi connectivity index (χ4n) is 2.63. The third-order valence-corrected chi connectivity index (χ3v) is 3.73. The van der Waals surface area contributed by atoms with E-state index in [0.717, 1.165) is 25.4 Å². The van der Waals surface area contributed by atoms with Gasteiger partial charge in [0.2, 0.25) is 0 Å². The Labute approximate surface area is 111 Å². The molecular weight excluding hydrogens is 253 g/mol. The lowest BCUT2D eigenvalue weighted by atomic mass is 10.1. The Kier molecular flexibility index (Phi) is 4.32. The van der Waals surface area contributed by atoms with Gasteiger partial charge >= 0.3 is 6.18 Å². The highest BCUT2D eigenvalue weighted by Gasteiger charge is 2.31. The molecule has 1 saturated carbocycles. The molecule has 0 radical (unpaired) electrons. The Morgan fingerprint density at radius 2 is 1.95 bits per heavy atom. The lowest BCUT2D eigenvalue weighted by Crippen LogP contribution is -2.29. The smallest absolute Gasteiger partial charge is 0.357 e. The van der Waals surface area contributed by atoms with Crippen LogP contribution in [0.25, 0.3) is 0 Å². The quantitative estimate of drug-likeness (QED) is 0.819. The number of hydrogen-bond acceptors (Lipinski definition) is 2. The highest BCUT2D eigenvalue weighted by Crippen LogP contribution is 2.30. The Morgan fingerprint density at radius 3 is 2.42 bits per heavy atom. The number of pyridine rings is 1. The first-order valence-electron chi connectivity index (χ1n) is 6.79. The summed E-state index contributed by atoms with van der Waals surface area (Å²) < 4.78 is 37.4. The number of halogens is 3. The van der Waals surface area contributed by atoms with Gasteiger partial charge in [-0.25, -0.2) is 4.98 Å². The van der Waals surface area contributed by atoms with Crippen molar-refractivity contribution < 1.29 is 13.2 Å². The molecule has 0 unspecified atom stereocenters. The maximum absolute atomic E-state index is 12.5. The van der Waals surface area contributed by atoms with Crippen LogP contribution in [0.3, 0.4) is 0 Å². The third kappa shape index (κ3) is 3.61. The second-order valence-corrected chi connectivity index (χ2v) is 5.09. The van der Waals surface area contributed by atoms with Crippen molar-refractivity contribution in [1.82, 2.24) is 4.98 Å². The zero-order valence-corrected chi connectivity index (χ0v) is 11.1. The summed E-state index contributed by atoms with van der Waals surface area (Å²) >= 11 is 0. The van der Waals surface area contributed by atoms with E-state index < -0.39 is 11.7 Å². The maximum Gasteiger partial charge on any atom is 0.417 e. The Morgan fingerprint density at radius 1 is 1.26 bits per heavy atom. The second kappa shape index (κ2) is 5.80. The summed E-state index contributed by atoms with van der Waals surface area (Å²) in [6.07, 6.45) is 1.58. The molecule has 5 heteroatoms. The molecule has 19 heavy (non-hydrogen) atoms. The average molecular weight is 272 g/mol. The average Bonchev–Trinajstić information content (AvgIpc) is 2.88. The van der Waals surface area contributed by atoms with Crippen molar-refractivity contribution in [2.24, 2.45) is 5.92 Å². The van der Waals surface area contributed by atoms with E-state index in [9.17, 15) is 13.2 Å². The number of alkyl halides is 3. The van der Waals surface area contributed by atoms with E-state index in [-0.39, 0.29) is 0 Å². The van der Waals surface area contributed by atoms with Gasteiger partial charge in [0.15, 0.2) is 0 Å². The van der Waals surface area contributed by atoms with Crippen LogP contribution in [0.5, 0.6) is 0 Å². The highest BCUT2D eigenvalue weighted by atomic mass is 19.4. The normalized spacial score (nSPS) is 16.8. The van der Waals surface area contributed by atoms with Crippen LogP contribution < -0.4 is 4.90 Å². The number of rotatable bonds is 4. The highest BCUT2D eigenvalue weighted by molar-refractivity contribution is 5.39. The topological polar surface area (TPSA) is 16.1 Å². The molecule has 1 heterocycles. The lowest BCUT2D eigenvalue weighted by molar-refractivity contribution is -0.137. The van der Waals surface area contributed by atoms with Gasteiger partial charge in [0.1, 0.15) is 5.82 Å². The molecule has 0 aliphatic heterocycles. The minimum absolute atomic E-state index is 0.641. The lowest BCUT2D eigenvalue weighted by Gasteiger charge is -2.25. The predicted octanol–water partition coefficient (Wildman–Crippen LogP) is 4.12. The van der Waals surface area contributed by atoms with Crippen LogP contribution in [0.2, 0.25) is 0 Å². The van der Waals surface area contributed by atoms with Gasteiger partial charge in [0.25, 0.3) is 0 Å². The second-order valence-electron chi connectivity index (χ2n) is 5.09. The van der Waals surface area contributed by atoms with Crippen molar-refractivity contribution in [2.75, 3.05) is 18.0 Å². The molecular formula is C14H19F3N2. The van der Waals surface area contributed by atoms with Gasteiger partial charge < -0.3 is 4.90 Å². The minimum Gasteiger partial charge on any atom is -0.357 e. The summed E-state index contributed by atoms with van der Waals surface area (Å²) in [4.78, 5) is 6.03. The predicted molar refractivity (Wildman–Crippen MR) is 69.1 cm³/mol. The van der Waals surface area contributed by atoms with E-state index in [2.05, 4.69) is 9.88 Å². The number of aromatic nitrogens is 1. The number of anilines is 1. The first-order valence-corrected chi connectivity index (χ1v) is 6.79. The molecule has 0 saturated heterocycles. The van der Waals surface area contributed by atoms with E-state index in [1.165, 1.54) is 31.7 Å². The molecule has 0 aromatic carbocycles. The fourth-order valence-corrected chi connectivity index (χ4v) is 2.63. The van der Waals surface area contributed by atoms with Crippen molar-refractivity contribution in [3.63, 3.8) is 0 Å². The standard InChI is InChI=1S/C14H19F3N2/c1-2-19(10-11-5-3-4-6-11)13-8-7-12(9-18-13)14(15,16)17/h7-9,11H,2-6,10H2,1H3. The molecule has 1 aromatic heterocycles. The van der Waals surface area contributed by atoms with Gasteiger partial charge in [0, 0.05) is 19.3 Å². The van der Waals surface area contributed by atoms with Gasteiger partial charge in [-0.15, -0.1) is 0 Å². The minimum atomic E-state index is -4.31. The number of nitrogens with zero attached hydrogens (tertiary/aromatic N) is 2. The van der Waals surface area contributed by atoms with Gasteiger partial charge in [-0.3, -0.25) is 0 Å². The van der Waals surface area contributed by atoms with Gasteiger partial charge in [-0.1, -0.05) is 12.8 Å². The van der Waals surface area contributed by atoms with Crippen LogP contribution in [-0.4, -0.2) is 18.1 Å². The Hall–Kier alpha value is -1.26. The molecule has 0 spiro atoms. The SMILES string of the molecule is CCN(CC1CCCC1)c1ccc(C(F)(F)F)cn1. The molecule has 1 aromatic rings. The van der Waals surface area contributed by atoms with Crippen molar-refractivity contribution in [1.29, 1.82) is 0 Å². The van der Waals surface area contributed by atoms with Crippen molar-refractivity contribution >= 4 is 5.82 Å². The molecule has 1 aliphatic rings. The zero-order chi connectivity index (χ0) is 13.9. The van der Waals surface area contributed by atoms with Crippen LogP contribution in [-0.2, 0) is 6.18 Å². The Balaban J connectivity index is 2.05. The molecule has 0 bridgehead atoms. The van der Waals surface area contributed by atoms with Crippen LogP contribution in [0.15, 0.2) is 18.3 Å². The van der Waals surface area contributed by atoms with E-state index in [1.807, 2.05) is 6.92 Å². The molecule has 2 rings (SSSR count). The Bertz CT molecular complexity index is 394. The summed E-state index contributed by atoms with van der Waals surface area (Å²) in [7, 11) is 0. The van der Waals surface area contributed by atoms with Crippen molar-refractivity contribution in [3.8, 4) is 0 Å². The van der Waals surface area contributed by atoms with Gasteiger partial charge in [0.05, 0.1) is 5.56 Å².